The van der Waals surface area contributed by atoms with Crippen LogP contribution in [0.1, 0.15) is 12.1 Å². The number of anilines is 1. The summed E-state index contributed by atoms with van der Waals surface area (Å²) in [5, 5.41) is 0. The summed E-state index contributed by atoms with van der Waals surface area (Å²) in [7, 11) is 0. The zero-order chi connectivity index (χ0) is 8.43. The largest absolute Gasteiger partial charge is 0.384 e. The Balaban J connectivity index is 3.13. The van der Waals surface area contributed by atoms with Gasteiger partial charge in [-0.25, -0.2) is 13.8 Å². The van der Waals surface area contributed by atoms with Crippen molar-refractivity contribution in [3.63, 3.8) is 0 Å². The van der Waals surface area contributed by atoms with Crippen molar-refractivity contribution in [3.8, 4) is 0 Å². The minimum Gasteiger partial charge on any atom is -0.384 e. The third-order valence-corrected chi connectivity index (χ3v) is 2.01. The van der Waals surface area contributed by atoms with Crippen molar-refractivity contribution in [1.82, 2.24) is 4.98 Å². The van der Waals surface area contributed by atoms with Crippen molar-refractivity contribution in [1.29, 1.82) is 0 Å². The number of nitrogens with zero attached hydrogens (tertiary/aromatic N) is 1. The molecule has 5 heteroatoms. The number of halogens is 3. The second-order valence-corrected chi connectivity index (χ2v) is 3.07. The number of nitrogens with two attached hydrogens (primary N) is 1. The summed E-state index contributed by atoms with van der Waals surface area (Å²) in [5.41, 5.74) is 4.97. The van der Waals surface area contributed by atoms with Crippen LogP contribution in [0.5, 0.6) is 0 Å². The van der Waals surface area contributed by atoms with Gasteiger partial charge >= 0.3 is 0 Å². The fourth-order valence-corrected chi connectivity index (χ4v) is 1.16. The summed E-state index contributed by atoms with van der Waals surface area (Å²) in [6.45, 7) is 0. The summed E-state index contributed by atoms with van der Waals surface area (Å²) >= 11 is 1.79. The maximum absolute atomic E-state index is 12.1. The van der Waals surface area contributed by atoms with E-state index in [0.29, 0.717) is 3.57 Å². The third-order valence-electron chi connectivity index (χ3n) is 1.10. The Kier molecular flexibility index (Phi) is 2.58. The molecular weight excluding hydrogens is 265 g/mol. The van der Waals surface area contributed by atoms with Gasteiger partial charge in [0.1, 0.15) is 11.5 Å². The number of hydrogen-bond donors (Lipinski definition) is 1. The summed E-state index contributed by atoms with van der Waals surface area (Å²) in [4.78, 5) is 3.49. The molecular formula is C6H5F2IN2. The molecule has 0 atom stereocenters. The smallest absolute Gasteiger partial charge is 0.281 e. The van der Waals surface area contributed by atoms with Crippen LogP contribution in [-0.4, -0.2) is 4.98 Å². The first-order valence-electron chi connectivity index (χ1n) is 2.81. The standard InChI is InChI=1S/C6H5F2IN2/c7-6(8)5-3(9)1-2-4(10)11-5/h1-2,6H,(H2,10,11). The van der Waals surface area contributed by atoms with E-state index in [0.717, 1.165) is 0 Å². The highest BCUT2D eigenvalue weighted by Gasteiger charge is 2.12. The van der Waals surface area contributed by atoms with Gasteiger partial charge in [0.05, 0.1) is 0 Å². The van der Waals surface area contributed by atoms with E-state index >= 15 is 0 Å². The molecule has 0 saturated carbocycles. The fraction of sp³-hybridized carbons (Fsp3) is 0.167. The van der Waals surface area contributed by atoms with Gasteiger partial charge in [-0.3, -0.25) is 0 Å². The minimum atomic E-state index is -2.55. The topological polar surface area (TPSA) is 38.9 Å². The van der Waals surface area contributed by atoms with E-state index < -0.39 is 6.43 Å². The molecule has 1 rings (SSSR count). The zero-order valence-electron chi connectivity index (χ0n) is 5.39. The molecule has 0 saturated heterocycles. The van der Waals surface area contributed by atoms with Crippen LogP contribution in [0.3, 0.4) is 0 Å². The number of aromatic nitrogens is 1. The summed E-state index contributed by atoms with van der Waals surface area (Å²) in [6, 6.07) is 3.01. The maximum Gasteiger partial charge on any atom is 0.281 e. The molecule has 0 amide bonds. The molecule has 1 aromatic heterocycles. The highest BCUT2D eigenvalue weighted by Crippen LogP contribution is 2.22. The first-order valence-corrected chi connectivity index (χ1v) is 3.89. The van der Waals surface area contributed by atoms with Gasteiger partial charge in [0.2, 0.25) is 0 Å². The Bertz CT molecular complexity index is 265. The van der Waals surface area contributed by atoms with Crippen molar-refractivity contribution in [2.45, 2.75) is 6.43 Å². The lowest BCUT2D eigenvalue weighted by Gasteiger charge is -2.01. The Hall–Kier alpha value is -0.460. The first-order chi connectivity index (χ1) is 5.11. The Morgan fingerprint density at radius 3 is 2.55 bits per heavy atom. The van der Waals surface area contributed by atoms with Crippen molar-refractivity contribution < 1.29 is 8.78 Å². The van der Waals surface area contributed by atoms with Crippen LogP contribution >= 0.6 is 22.6 Å². The summed E-state index contributed by atoms with van der Waals surface area (Å²) in [5.74, 6) is 0.126. The average molecular weight is 270 g/mol. The molecule has 0 radical (unpaired) electrons. The third kappa shape index (κ3) is 1.98. The molecule has 0 aliphatic heterocycles. The molecule has 0 spiro atoms. The van der Waals surface area contributed by atoms with E-state index in [4.69, 9.17) is 5.73 Å². The van der Waals surface area contributed by atoms with Crippen LogP contribution in [0.4, 0.5) is 14.6 Å². The number of pyridine rings is 1. The van der Waals surface area contributed by atoms with E-state index in [9.17, 15) is 8.78 Å². The van der Waals surface area contributed by atoms with Gasteiger partial charge < -0.3 is 5.73 Å². The van der Waals surface area contributed by atoms with Gasteiger partial charge in [0.15, 0.2) is 0 Å². The highest BCUT2D eigenvalue weighted by atomic mass is 127. The average Bonchev–Trinajstić information content (AvgIpc) is 1.94. The zero-order valence-corrected chi connectivity index (χ0v) is 7.55. The van der Waals surface area contributed by atoms with Crippen LogP contribution in [0.15, 0.2) is 12.1 Å². The normalized spacial score (nSPS) is 10.5. The van der Waals surface area contributed by atoms with Gasteiger partial charge in [0, 0.05) is 3.57 Å². The van der Waals surface area contributed by atoms with Crippen molar-refractivity contribution >= 4 is 28.4 Å². The molecule has 60 valence electrons. The molecule has 0 unspecified atom stereocenters. The first kappa shape index (κ1) is 8.63. The molecule has 0 aliphatic carbocycles. The Labute approximate surface area is 75.9 Å². The number of nitrogen functional groups attached to an aromatic ring is 1. The van der Waals surface area contributed by atoms with Gasteiger partial charge in [-0.15, -0.1) is 0 Å². The van der Waals surface area contributed by atoms with Crippen molar-refractivity contribution in [2.24, 2.45) is 0 Å². The number of hydrogen-bond acceptors (Lipinski definition) is 2. The summed E-state index contributed by atoms with van der Waals surface area (Å²) in [6.07, 6.45) is -2.55. The molecule has 0 bridgehead atoms. The predicted octanol–water partition coefficient (Wildman–Crippen LogP) is 2.21. The fourth-order valence-electron chi connectivity index (χ4n) is 0.627. The van der Waals surface area contributed by atoms with E-state index in [1.54, 1.807) is 22.6 Å². The van der Waals surface area contributed by atoms with E-state index in [-0.39, 0.29) is 11.5 Å². The van der Waals surface area contributed by atoms with Gasteiger partial charge in [0.25, 0.3) is 6.43 Å². The lowest BCUT2D eigenvalue weighted by Crippen LogP contribution is -1.98. The highest BCUT2D eigenvalue weighted by molar-refractivity contribution is 14.1. The molecule has 2 nitrogen and oxygen atoms in total. The molecule has 1 aromatic rings. The van der Waals surface area contributed by atoms with Crippen LogP contribution in [-0.2, 0) is 0 Å². The number of alkyl halides is 2. The molecule has 0 aromatic carbocycles. The predicted molar refractivity (Wildman–Crippen MR) is 46.3 cm³/mol. The van der Waals surface area contributed by atoms with E-state index in [1.165, 1.54) is 12.1 Å². The SMILES string of the molecule is Nc1ccc(I)c(C(F)F)n1. The van der Waals surface area contributed by atoms with Crippen LogP contribution in [0.25, 0.3) is 0 Å². The lowest BCUT2D eigenvalue weighted by molar-refractivity contribution is 0.145. The minimum absolute atomic E-state index is 0.126. The van der Waals surface area contributed by atoms with Gasteiger partial charge in [-0.1, -0.05) is 0 Å². The van der Waals surface area contributed by atoms with Crippen LogP contribution in [0.2, 0.25) is 0 Å². The van der Waals surface area contributed by atoms with E-state index in [1.807, 2.05) is 0 Å². The molecule has 0 aliphatic rings. The Morgan fingerprint density at radius 1 is 1.45 bits per heavy atom. The van der Waals surface area contributed by atoms with Crippen LogP contribution in [0, 0.1) is 3.57 Å². The van der Waals surface area contributed by atoms with Crippen molar-refractivity contribution in [3.05, 3.63) is 21.4 Å². The second-order valence-electron chi connectivity index (χ2n) is 1.90. The van der Waals surface area contributed by atoms with Crippen molar-refractivity contribution in [2.75, 3.05) is 5.73 Å². The Morgan fingerprint density at radius 2 is 2.09 bits per heavy atom. The summed E-state index contributed by atoms with van der Waals surface area (Å²) < 4.78 is 24.6. The van der Waals surface area contributed by atoms with Gasteiger partial charge in [-0.2, -0.15) is 0 Å². The lowest BCUT2D eigenvalue weighted by atomic mass is 10.3. The molecule has 11 heavy (non-hydrogen) atoms. The monoisotopic (exact) mass is 270 g/mol. The van der Waals surface area contributed by atoms with Gasteiger partial charge in [-0.05, 0) is 34.7 Å². The quantitative estimate of drug-likeness (QED) is 0.794. The molecule has 0 fully saturated rings. The molecule has 1 heterocycles. The van der Waals surface area contributed by atoms with E-state index in [2.05, 4.69) is 4.98 Å². The maximum atomic E-state index is 12.1. The molecule has 2 N–H and O–H groups in total. The van der Waals surface area contributed by atoms with Crippen LogP contribution < -0.4 is 5.73 Å². The number of rotatable bonds is 1. The second kappa shape index (κ2) is 3.29.